The van der Waals surface area contributed by atoms with Gasteiger partial charge in [0.25, 0.3) is 0 Å². The van der Waals surface area contributed by atoms with Crippen LogP contribution in [0.15, 0.2) is 12.2 Å². The molecule has 2 unspecified atom stereocenters. The Morgan fingerprint density at radius 2 is 1.75 bits per heavy atom. The van der Waals surface area contributed by atoms with Crippen LogP contribution in [0.3, 0.4) is 0 Å². The molecule has 0 radical (unpaired) electrons. The highest BCUT2D eigenvalue weighted by Gasteiger charge is 2.28. The SMILES string of the molecule is C=C(C)C(=O)OCCCC(=O)CCCCCOC(C)(CC)[PH](=O)O. The summed E-state index contributed by atoms with van der Waals surface area (Å²) in [5.41, 5.74) is 0.356. The van der Waals surface area contributed by atoms with Gasteiger partial charge in [0.2, 0.25) is 8.03 Å². The van der Waals surface area contributed by atoms with Gasteiger partial charge < -0.3 is 14.4 Å². The van der Waals surface area contributed by atoms with Crippen LogP contribution in [-0.4, -0.2) is 35.2 Å². The quantitative estimate of drug-likeness (QED) is 0.220. The zero-order chi connectivity index (χ0) is 18.6. The first-order chi connectivity index (χ1) is 11.2. The third-order valence-electron chi connectivity index (χ3n) is 3.83. The van der Waals surface area contributed by atoms with Crippen molar-refractivity contribution in [1.82, 2.24) is 0 Å². The van der Waals surface area contributed by atoms with Crippen molar-refractivity contribution in [3.05, 3.63) is 12.2 Å². The van der Waals surface area contributed by atoms with Crippen molar-refractivity contribution in [2.24, 2.45) is 0 Å². The van der Waals surface area contributed by atoms with E-state index in [0.29, 0.717) is 37.9 Å². The van der Waals surface area contributed by atoms with Gasteiger partial charge in [-0.2, -0.15) is 0 Å². The fourth-order valence-corrected chi connectivity index (χ4v) is 2.42. The van der Waals surface area contributed by atoms with Crippen molar-refractivity contribution < 1.29 is 28.5 Å². The molecule has 0 saturated heterocycles. The van der Waals surface area contributed by atoms with Gasteiger partial charge >= 0.3 is 5.97 Å². The third-order valence-corrected chi connectivity index (χ3v) is 5.23. The summed E-state index contributed by atoms with van der Waals surface area (Å²) in [7, 11) is -2.72. The van der Waals surface area contributed by atoms with Crippen LogP contribution in [-0.2, 0) is 23.6 Å². The molecule has 0 aliphatic carbocycles. The minimum absolute atomic E-state index is 0.154. The molecule has 0 spiro atoms. The van der Waals surface area contributed by atoms with Crippen molar-refractivity contribution in [3.8, 4) is 0 Å². The summed E-state index contributed by atoms with van der Waals surface area (Å²) < 4.78 is 21.7. The molecule has 0 saturated carbocycles. The lowest BCUT2D eigenvalue weighted by atomic mass is 10.1. The van der Waals surface area contributed by atoms with Gasteiger partial charge in [-0.3, -0.25) is 9.36 Å². The predicted molar refractivity (Wildman–Crippen MR) is 94.4 cm³/mol. The van der Waals surface area contributed by atoms with E-state index in [1.807, 2.05) is 6.92 Å². The first kappa shape index (κ1) is 23.0. The molecule has 2 atom stereocenters. The number of rotatable bonds is 14. The maximum Gasteiger partial charge on any atom is 0.333 e. The van der Waals surface area contributed by atoms with Gasteiger partial charge in [-0.1, -0.05) is 19.9 Å². The maximum atomic E-state index is 11.7. The smallest absolute Gasteiger partial charge is 0.333 e. The van der Waals surface area contributed by atoms with Gasteiger partial charge in [0.05, 0.1) is 6.61 Å². The number of carbonyl (C=O) groups excluding carboxylic acids is 2. The molecule has 0 aliphatic heterocycles. The van der Waals surface area contributed by atoms with Gasteiger partial charge in [-0.25, -0.2) is 4.79 Å². The molecule has 0 bridgehead atoms. The Bertz CT molecular complexity index is 448. The number of ketones is 1. The monoisotopic (exact) mass is 362 g/mol. The van der Waals surface area contributed by atoms with Gasteiger partial charge in [0, 0.05) is 25.0 Å². The highest BCUT2D eigenvalue weighted by Crippen LogP contribution is 2.38. The number of unbranched alkanes of at least 4 members (excludes halogenated alkanes) is 2. The molecule has 0 aliphatic rings. The minimum Gasteiger partial charge on any atom is -0.462 e. The van der Waals surface area contributed by atoms with E-state index < -0.39 is 19.3 Å². The molecule has 0 heterocycles. The average molecular weight is 362 g/mol. The standard InChI is InChI=1S/C17H31O6P/c1-5-17(4,24(20)21)23-13-8-6-7-10-15(18)11-9-12-22-16(19)14(2)3/h24H,2,5-13H2,1,3-4H3,(H,20,21). The van der Waals surface area contributed by atoms with Crippen LogP contribution in [0, 0.1) is 0 Å². The Morgan fingerprint density at radius 1 is 1.12 bits per heavy atom. The van der Waals surface area contributed by atoms with Crippen LogP contribution in [0.1, 0.15) is 65.7 Å². The molecular formula is C17H31O6P. The van der Waals surface area contributed by atoms with Crippen LogP contribution in [0.2, 0.25) is 0 Å². The highest BCUT2D eigenvalue weighted by molar-refractivity contribution is 7.39. The van der Waals surface area contributed by atoms with Gasteiger partial charge in [0.15, 0.2) is 0 Å². The average Bonchev–Trinajstić information content (AvgIpc) is 2.53. The third kappa shape index (κ3) is 10.0. The van der Waals surface area contributed by atoms with E-state index >= 15 is 0 Å². The number of Topliss-reactive ketones (excluding diaryl/α,β-unsaturated/α-hetero) is 1. The van der Waals surface area contributed by atoms with Crippen molar-refractivity contribution in [2.75, 3.05) is 13.2 Å². The zero-order valence-electron chi connectivity index (χ0n) is 15.1. The molecule has 0 aromatic heterocycles. The van der Waals surface area contributed by atoms with Crippen molar-refractivity contribution in [1.29, 1.82) is 0 Å². The lowest BCUT2D eigenvalue weighted by Gasteiger charge is -2.25. The van der Waals surface area contributed by atoms with E-state index in [1.165, 1.54) is 0 Å². The van der Waals surface area contributed by atoms with Crippen molar-refractivity contribution >= 4 is 19.8 Å². The number of esters is 1. The number of hydrogen-bond donors (Lipinski definition) is 1. The highest BCUT2D eigenvalue weighted by atomic mass is 31.1. The summed E-state index contributed by atoms with van der Waals surface area (Å²) in [5.74, 6) is -0.270. The van der Waals surface area contributed by atoms with Crippen molar-refractivity contribution in [2.45, 2.75) is 71.1 Å². The minimum atomic E-state index is -2.72. The van der Waals surface area contributed by atoms with Gasteiger partial charge in [0.1, 0.15) is 11.1 Å². The fraction of sp³-hybridized carbons (Fsp3) is 0.765. The zero-order valence-corrected chi connectivity index (χ0v) is 16.1. The normalized spacial score (nSPS) is 14.7. The summed E-state index contributed by atoms with van der Waals surface area (Å²) in [6.07, 6.45) is 4.29. The predicted octanol–water partition coefficient (Wildman–Crippen LogP) is 3.63. The lowest BCUT2D eigenvalue weighted by Crippen LogP contribution is -2.23. The molecule has 0 rings (SSSR count). The van der Waals surface area contributed by atoms with E-state index in [-0.39, 0.29) is 12.4 Å². The Kier molecular flexibility index (Phi) is 11.9. The van der Waals surface area contributed by atoms with E-state index in [1.54, 1.807) is 13.8 Å². The first-order valence-electron chi connectivity index (χ1n) is 8.44. The molecule has 0 fully saturated rings. The molecule has 0 aromatic carbocycles. The van der Waals surface area contributed by atoms with Crippen LogP contribution in [0.4, 0.5) is 0 Å². The Labute approximate surface area is 145 Å². The molecule has 7 heteroatoms. The first-order valence-corrected chi connectivity index (χ1v) is 9.80. The van der Waals surface area contributed by atoms with Gasteiger partial charge in [-0.15, -0.1) is 0 Å². The second kappa shape index (κ2) is 12.4. The Balaban J connectivity index is 3.64. The topological polar surface area (TPSA) is 89.9 Å². The molecule has 0 amide bonds. The summed E-state index contributed by atoms with van der Waals surface area (Å²) in [6, 6.07) is 0. The molecular weight excluding hydrogens is 331 g/mol. The molecule has 6 nitrogen and oxygen atoms in total. The Morgan fingerprint density at radius 3 is 2.29 bits per heavy atom. The maximum absolute atomic E-state index is 11.7. The summed E-state index contributed by atoms with van der Waals surface area (Å²) >= 11 is 0. The molecule has 1 N–H and O–H groups in total. The van der Waals surface area contributed by atoms with E-state index in [9.17, 15) is 19.0 Å². The van der Waals surface area contributed by atoms with E-state index in [2.05, 4.69) is 6.58 Å². The second-order valence-electron chi connectivity index (χ2n) is 6.11. The summed E-state index contributed by atoms with van der Waals surface area (Å²) in [5, 5.41) is -0.943. The van der Waals surface area contributed by atoms with Crippen LogP contribution >= 0.6 is 8.03 Å². The second-order valence-corrected chi connectivity index (χ2v) is 7.78. The van der Waals surface area contributed by atoms with Crippen LogP contribution in [0.25, 0.3) is 0 Å². The van der Waals surface area contributed by atoms with Gasteiger partial charge in [-0.05, 0) is 39.5 Å². The molecule has 140 valence electrons. The summed E-state index contributed by atoms with van der Waals surface area (Å²) in [4.78, 5) is 32.1. The number of hydrogen-bond acceptors (Lipinski definition) is 5. The van der Waals surface area contributed by atoms with E-state index in [4.69, 9.17) is 9.47 Å². The largest absolute Gasteiger partial charge is 0.462 e. The summed E-state index contributed by atoms with van der Waals surface area (Å²) in [6.45, 7) is 9.20. The lowest BCUT2D eigenvalue weighted by molar-refractivity contribution is -0.139. The number of ether oxygens (including phenoxy) is 2. The van der Waals surface area contributed by atoms with Crippen LogP contribution < -0.4 is 0 Å². The van der Waals surface area contributed by atoms with Crippen LogP contribution in [0.5, 0.6) is 0 Å². The molecule has 0 aromatic rings. The van der Waals surface area contributed by atoms with Crippen molar-refractivity contribution in [3.63, 3.8) is 0 Å². The van der Waals surface area contributed by atoms with E-state index in [0.717, 1.165) is 19.3 Å². The number of carbonyl (C=O) groups is 2. The fourth-order valence-electron chi connectivity index (χ4n) is 1.90. The molecule has 24 heavy (non-hydrogen) atoms. The Hall–Kier alpha value is -0.970.